The molecule has 1 aromatic heterocycles. The third kappa shape index (κ3) is 5.61. The molecule has 178 valence electrons. The first-order chi connectivity index (χ1) is 14.7. The van der Waals surface area contributed by atoms with Gasteiger partial charge in [-0.2, -0.15) is 4.98 Å². The van der Waals surface area contributed by atoms with Gasteiger partial charge in [0.1, 0.15) is 11.9 Å². The van der Waals surface area contributed by atoms with Gasteiger partial charge in [-0.25, -0.2) is 18.1 Å². The van der Waals surface area contributed by atoms with Crippen LogP contribution in [-0.2, 0) is 14.8 Å². The minimum Gasteiger partial charge on any atom is -0.493 e. The number of methoxy groups -OCH3 is 2. The first kappa shape index (κ1) is 25.7. The summed E-state index contributed by atoms with van der Waals surface area (Å²) in [6, 6.07) is 2.72. The van der Waals surface area contributed by atoms with Crippen molar-refractivity contribution in [3.05, 3.63) is 12.1 Å². The van der Waals surface area contributed by atoms with Gasteiger partial charge in [-0.05, 0) is 12.5 Å². The Bertz CT molecular complexity index is 1080. The molecule has 0 saturated carbocycles. The lowest BCUT2D eigenvalue weighted by molar-refractivity contribution is -0.133. The van der Waals surface area contributed by atoms with Crippen molar-refractivity contribution >= 4 is 51.0 Å². The average Bonchev–Trinajstić information content (AvgIpc) is 2.75. The molecule has 13 heteroatoms. The van der Waals surface area contributed by atoms with Gasteiger partial charge >= 0.3 is 0 Å². The van der Waals surface area contributed by atoms with Gasteiger partial charge in [0.25, 0.3) is 0 Å². The zero-order chi connectivity index (χ0) is 22.8. The van der Waals surface area contributed by atoms with Crippen molar-refractivity contribution in [2.45, 2.75) is 19.4 Å². The highest BCUT2D eigenvalue weighted by Crippen LogP contribution is 2.34. The number of halogens is 1. The maximum atomic E-state index is 12.7. The standard InChI is InChI=1S/C19H28N6O5S.ClH/c1-5-13(23-31(4,27)28)18(26)24-6-8-25(9-7-24)19-21-14-11-16(30-3)15(29-2)10-12(14)17(20)22-19;/h10-11,13,23H,5-9H2,1-4H3,(H2,20,21,22);1H. The molecule has 2 heterocycles. The Labute approximate surface area is 193 Å². The summed E-state index contributed by atoms with van der Waals surface area (Å²) < 4.78 is 36.1. The predicted molar refractivity (Wildman–Crippen MR) is 125 cm³/mol. The number of carbonyl (C=O) groups excluding carboxylic acids is 1. The van der Waals surface area contributed by atoms with Crippen molar-refractivity contribution in [1.82, 2.24) is 19.6 Å². The highest BCUT2D eigenvalue weighted by atomic mass is 35.5. The molecule has 32 heavy (non-hydrogen) atoms. The fraction of sp³-hybridized carbons (Fsp3) is 0.526. The van der Waals surface area contributed by atoms with Crippen LogP contribution in [0.25, 0.3) is 10.9 Å². The number of nitrogen functional groups attached to an aromatic ring is 1. The molecule has 2 aromatic rings. The number of sulfonamides is 1. The number of ether oxygens (including phenoxy) is 2. The molecule has 1 fully saturated rings. The first-order valence-corrected chi connectivity index (χ1v) is 11.8. The molecule has 1 amide bonds. The largest absolute Gasteiger partial charge is 0.493 e. The van der Waals surface area contributed by atoms with E-state index in [1.165, 1.54) is 0 Å². The number of carbonyl (C=O) groups is 1. The quantitative estimate of drug-likeness (QED) is 0.574. The first-order valence-electron chi connectivity index (χ1n) is 9.87. The molecule has 1 unspecified atom stereocenters. The fourth-order valence-electron chi connectivity index (χ4n) is 3.52. The van der Waals surface area contributed by atoms with Gasteiger partial charge in [-0.3, -0.25) is 4.79 Å². The van der Waals surface area contributed by atoms with Crippen molar-refractivity contribution < 1.29 is 22.7 Å². The zero-order valence-electron chi connectivity index (χ0n) is 18.5. The molecule has 1 saturated heterocycles. The molecule has 0 aliphatic carbocycles. The lowest BCUT2D eigenvalue weighted by Gasteiger charge is -2.36. The number of hydrogen-bond donors (Lipinski definition) is 2. The molecule has 0 radical (unpaired) electrons. The normalized spacial score (nSPS) is 15.2. The van der Waals surface area contributed by atoms with Crippen molar-refractivity contribution in [3.63, 3.8) is 0 Å². The highest BCUT2D eigenvalue weighted by Gasteiger charge is 2.29. The van der Waals surface area contributed by atoms with E-state index in [-0.39, 0.29) is 18.3 Å². The van der Waals surface area contributed by atoms with Crippen LogP contribution in [0.2, 0.25) is 0 Å². The number of rotatable bonds is 7. The predicted octanol–water partition coefficient (Wildman–Crippen LogP) is 0.627. The monoisotopic (exact) mass is 488 g/mol. The van der Waals surface area contributed by atoms with E-state index in [0.29, 0.717) is 66.8 Å². The van der Waals surface area contributed by atoms with E-state index in [1.807, 2.05) is 4.90 Å². The Hall–Kier alpha value is -2.57. The molecule has 3 rings (SSSR count). The van der Waals surface area contributed by atoms with Crippen molar-refractivity contribution in [2.75, 3.05) is 57.3 Å². The van der Waals surface area contributed by atoms with Crippen LogP contribution in [0.4, 0.5) is 11.8 Å². The van der Waals surface area contributed by atoms with Crippen molar-refractivity contribution in [3.8, 4) is 11.5 Å². The van der Waals surface area contributed by atoms with Crippen LogP contribution in [-0.4, -0.2) is 81.9 Å². The second-order valence-corrected chi connectivity index (χ2v) is 9.08. The van der Waals surface area contributed by atoms with Crippen LogP contribution in [0, 0.1) is 0 Å². The molecular weight excluding hydrogens is 460 g/mol. The minimum atomic E-state index is -3.47. The number of nitrogens with two attached hydrogens (primary N) is 1. The number of hydrogen-bond acceptors (Lipinski definition) is 9. The van der Waals surface area contributed by atoms with Gasteiger partial charge in [0.15, 0.2) is 11.5 Å². The second kappa shape index (κ2) is 10.4. The Kier molecular flexibility index (Phi) is 8.32. The number of benzene rings is 1. The van der Waals surface area contributed by atoms with Crippen LogP contribution in [0.15, 0.2) is 12.1 Å². The van der Waals surface area contributed by atoms with Crippen LogP contribution in [0.1, 0.15) is 13.3 Å². The Morgan fingerprint density at radius 1 is 1.16 bits per heavy atom. The summed E-state index contributed by atoms with van der Waals surface area (Å²) in [5, 5.41) is 0.660. The van der Waals surface area contributed by atoms with Crippen LogP contribution >= 0.6 is 12.4 Å². The number of aromatic nitrogens is 2. The molecule has 3 N–H and O–H groups in total. The van der Waals surface area contributed by atoms with Gasteiger partial charge in [-0.1, -0.05) is 6.92 Å². The van der Waals surface area contributed by atoms with E-state index in [4.69, 9.17) is 15.2 Å². The van der Waals surface area contributed by atoms with Crippen molar-refractivity contribution in [2.24, 2.45) is 0 Å². The molecule has 11 nitrogen and oxygen atoms in total. The summed E-state index contributed by atoms with van der Waals surface area (Å²) in [5.74, 6) is 1.63. The van der Waals surface area contributed by atoms with E-state index in [0.717, 1.165) is 6.26 Å². The van der Waals surface area contributed by atoms with Crippen LogP contribution in [0.5, 0.6) is 11.5 Å². The van der Waals surface area contributed by atoms with E-state index in [2.05, 4.69) is 14.7 Å². The van der Waals surface area contributed by atoms with Gasteiger partial charge in [0, 0.05) is 37.6 Å². The summed E-state index contributed by atoms with van der Waals surface area (Å²) in [6.07, 6.45) is 1.43. The van der Waals surface area contributed by atoms with E-state index in [9.17, 15) is 13.2 Å². The summed E-state index contributed by atoms with van der Waals surface area (Å²) in [7, 11) is -0.375. The number of fused-ring (bicyclic) bond motifs is 1. The topological polar surface area (TPSA) is 140 Å². The maximum absolute atomic E-state index is 12.7. The van der Waals surface area contributed by atoms with E-state index in [1.54, 1.807) is 38.2 Å². The molecular formula is C19H29ClN6O5S. The van der Waals surface area contributed by atoms with Crippen LogP contribution in [0.3, 0.4) is 0 Å². The second-order valence-electron chi connectivity index (χ2n) is 7.30. The van der Waals surface area contributed by atoms with Gasteiger partial charge in [0.05, 0.1) is 26.0 Å². The molecule has 1 atom stereocenters. The lowest BCUT2D eigenvalue weighted by Crippen LogP contribution is -2.55. The molecule has 0 bridgehead atoms. The Morgan fingerprint density at radius 3 is 2.28 bits per heavy atom. The smallest absolute Gasteiger partial charge is 0.240 e. The number of piperazine rings is 1. The average molecular weight is 489 g/mol. The molecule has 1 aliphatic heterocycles. The molecule has 0 spiro atoms. The van der Waals surface area contributed by atoms with Gasteiger partial charge in [0.2, 0.25) is 21.9 Å². The Morgan fingerprint density at radius 2 is 1.75 bits per heavy atom. The summed E-state index contributed by atoms with van der Waals surface area (Å²) in [5.41, 5.74) is 6.79. The fourth-order valence-corrected chi connectivity index (χ4v) is 4.31. The third-order valence-corrected chi connectivity index (χ3v) is 5.87. The lowest BCUT2D eigenvalue weighted by atomic mass is 10.2. The number of nitrogens with zero attached hydrogens (tertiary/aromatic N) is 4. The number of amides is 1. The van der Waals surface area contributed by atoms with E-state index < -0.39 is 16.1 Å². The number of nitrogens with one attached hydrogen (secondary N) is 1. The summed E-state index contributed by atoms with van der Waals surface area (Å²) >= 11 is 0. The zero-order valence-corrected chi connectivity index (χ0v) is 20.1. The Balaban J connectivity index is 0.00000363. The van der Waals surface area contributed by atoms with Crippen LogP contribution < -0.4 is 24.8 Å². The molecule has 1 aliphatic rings. The van der Waals surface area contributed by atoms with E-state index >= 15 is 0 Å². The number of anilines is 2. The minimum absolute atomic E-state index is 0. The third-order valence-electron chi connectivity index (χ3n) is 5.16. The van der Waals surface area contributed by atoms with Crippen molar-refractivity contribution in [1.29, 1.82) is 0 Å². The SMILES string of the molecule is CCC(NS(C)(=O)=O)C(=O)N1CCN(c2nc(N)c3cc(OC)c(OC)cc3n2)CC1.Cl. The maximum Gasteiger partial charge on any atom is 0.240 e. The summed E-state index contributed by atoms with van der Waals surface area (Å²) in [4.78, 5) is 25.4. The summed E-state index contributed by atoms with van der Waals surface area (Å²) in [6.45, 7) is 3.62. The van der Waals surface area contributed by atoms with Gasteiger partial charge < -0.3 is 25.0 Å². The molecule has 1 aromatic carbocycles. The van der Waals surface area contributed by atoms with Gasteiger partial charge in [-0.15, -0.1) is 12.4 Å². The highest BCUT2D eigenvalue weighted by molar-refractivity contribution is 7.88.